The number of anilines is 1. The molecule has 0 spiro atoms. The zero-order valence-electron chi connectivity index (χ0n) is 11.1. The summed E-state index contributed by atoms with van der Waals surface area (Å²) >= 11 is 3.21. The van der Waals surface area contributed by atoms with E-state index in [4.69, 9.17) is 0 Å². The van der Waals surface area contributed by atoms with Crippen molar-refractivity contribution in [2.24, 2.45) is 5.92 Å². The van der Waals surface area contributed by atoms with E-state index in [2.05, 4.69) is 26.2 Å². The van der Waals surface area contributed by atoms with Crippen LogP contribution in [-0.4, -0.2) is 30.0 Å². The molecule has 1 unspecified atom stereocenters. The van der Waals surface area contributed by atoms with Crippen LogP contribution in [0, 0.1) is 11.7 Å². The Morgan fingerprint density at radius 1 is 1.45 bits per heavy atom. The van der Waals surface area contributed by atoms with Crippen molar-refractivity contribution in [3.8, 4) is 0 Å². The maximum atomic E-state index is 13.9. The number of carbonyl (C=O) groups is 1. The molecule has 2 heterocycles. The Hall–Kier alpha value is -1.17. The minimum Gasteiger partial charge on any atom is -0.352 e. The van der Waals surface area contributed by atoms with Gasteiger partial charge in [-0.1, -0.05) is 0 Å². The quantitative estimate of drug-likeness (QED) is 0.918. The third kappa shape index (κ3) is 3.11. The van der Waals surface area contributed by atoms with Crippen molar-refractivity contribution in [3.63, 3.8) is 0 Å². The minimum absolute atomic E-state index is 0.0988. The lowest BCUT2D eigenvalue weighted by Crippen LogP contribution is -2.48. The SMILES string of the molecule is O=C(NC1CCCN(c2ncc(Br)cc2F)C1)C1CC1. The second kappa shape index (κ2) is 5.68. The number of hydrogen-bond donors (Lipinski definition) is 1. The molecular formula is C14H17BrFN3O. The maximum absolute atomic E-state index is 13.9. The molecule has 0 aromatic carbocycles. The summed E-state index contributed by atoms with van der Waals surface area (Å²) in [4.78, 5) is 17.9. The highest BCUT2D eigenvalue weighted by Gasteiger charge is 2.32. The molecule has 1 saturated carbocycles. The maximum Gasteiger partial charge on any atom is 0.223 e. The molecule has 108 valence electrons. The summed E-state index contributed by atoms with van der Waals surface area (Å²) in [5.41, 5.74) is 0. The Kier molecular flexibility index (Phi) is 3.92. The first-order valence-electron chi connectivity index (χ1n) is 7.00. The molecule has 20 heavy (non-hydrogen) atoms. The number of hydrogen-bond acceptors (Lipinski definition) is 3. The lowest BCUT2D eigenvalue weighted by atomic mass is 10.1. The van der Waals surface area contributed by atoms with Crippen molar-refractivity contribution in [2.75, 3.05) is 18.0 Å². The monoisotopic (exact) mass is 341 g/mol. The summed E-state index contributed by atoms with van der Waals surface area (Å²) in [7, 11) is 0. The summed E-state index contributed by atoms with van der Waals surface area (Å²) in [5, 5.41) is 3.07. The first kappa shape index (κ1) is 13.8. The van der Waals surface area contributed by atoms with Gasteiger partial charge in [0.25, 0.3) is 0 Å². The van der Waals surface area contributed by atoms with Crippen molar-refractivity contribution in [1.82, 2.24) is 10.3 Å². The van der Waals surface area contributed by atoms with Gasteiger partial charge in [-0.25, -0.2) is 9.37 Å². The molecule has 1 atom stereocenters. The molecule has 1 saturated heterocycles. The van der Waals surface area contributed by atoms with E-state index in [1.54, 1.807) is 6.20 Å². The Morgan fingerprint density at radius 3 is 2.95 bits per heavy atom. The normalized spacial score (nSPS) is 22.7. The molecular weight excluding hydrogens is 325 g/mol. The fraction of sp³-hybridized carbons (Fsp3) is 0.571. The summed E-state index contributed by atoms with van der Waals surface area (Å²) in [5.74, 6) is 0.418. The summed E-state index contributed by atoms with van der Waals surface area (Å²) in [6.07, 6.45) is 5.50. The van der Waals surface area contributed by atoms with Crippen LogP contribution in [0.5, 0.6) is 0 Å². The van der Waals surface area contributed by atoms with Crippen LogP contribution in [0.25, 0.3) is 0 Å². The van der Waals surface area contributed by atoms with E-state index < -0.39 is 0 Å². The number of rotatable bonds is 3. The Morgan fingerprint density at radius 2 is 2.25 bits per heavy atom. The second-order valence-corrected chi connectivity index (χ2v) is 6.44. The molecule has 1 aliphatic carbocycles. The van der Waals surface area contributed by atoms with Gasteiger partial charge in [-0.15, -0.1) is 0 Å². The molecule has 6 heteroatoms. The number of amides is 1. The van der Waals surface area contributed by atoms with Crippen LogP contribution >= 0.6 is 15.9 Å². The van der Waals surface area contributed by atoms with Gasteiger partial charge in [0.2, 0.25) is 5.91 Å². The van der Waals surface area contributed by atoms with E-state index in [9.17, 15) is 9.18 Å². The van der Waals surface area contributed by atoms with Crippen LogP contribution in [0.15, 0.2) is 16.7 Å². The molecule has 2 aliphatic rings. The number of pyridine rings is 1. The number of halogens is 2. The fourth-order valence-electron chi connectivity index (χ4n) is 2.59. The van der Waals surface area contributed by atoms with Crippen LogP contribution in [0.3, 0.4) is 0 Å². The predicted octanol–water partition coefficient (Wildman–Crippen LogP) is 2.48. The van der Waals surface area contributed by atoms with Gasteiger partial charge in [-0.05, 0) is 47.7 Å². The van der Waals surface area contributed by atoms with Crippen LogP contribution in [-0.2, 0) is 4.79 Å². The number of nitrogens with one attached hydrogen (secondary N) is 1. The molecule has 2 fully saturated rings. The lowest BCUT2D eigenvalue weighted by molar-refractivity contribution is -0.123. The summed E-state index contributed by atoms with van der Waals surface area (Å²) in [6, 6.07) is 1.52. The van der Waals surface area contributed by atoms with E-state index in [1.165, 1.54) is 6.07 Å². The van der Waals surface area contributed by atoms with Crippen LogP contribution < -0.4 is 10.2 Å². The van der Waals surface area contributed by atoms with E-state index in [1.807, 2.05) is 4.90 Å². The molecule has 1 aliphatic heterocycles. The van der Waals surface area contributed by atoms with Gasteiger partial charge in [0.15, 0.2) is 11.6 Å². The van der Waals surface area contributed by atoms with Gasteiger partial charge in [-0.3, -0.25) is 4.79 Å². The first-order valence-corrected chi connectivity index (χ1v) is 7.79. The van der Waals surface area contributed by atoms with Crippen LogP contribution in [0.1, 0.15) is 25.7 Å². The van der Waals surface area contributed by atoms with Gasteiger partial charge in [0, 0.05) is 35.7 Å². The van der Waals surface area contributed by atoms with Gasteiger partial charge < -0.3 is 10.2 Å². The Balaban J connectivity index is 1.66. The largest absolute Gasteiger partial charge is 0.352 e. The van der Waals surface area contributed by atoms with E-state index >= 15 is 0 Å². The standard InChI is InChI=1S/C14H17BrFN3O/c15-10-6-12(16)13(17-7-10)19-5-1-2-11(8-19)18-14(20)9-3-4-9/h6-7,9,11H,1-5,8H2,(H,18,20). The van der Waals surface area contributed by atoms with Crippen molar-refractivity contribution in [1.29, 1.82) is 0 Å². The number of aromatic nitrogens is 1. The highest BCUT2D eigenvalue weighted by molar-refractivity contribution is 9.10. The van der Waals surface area contributed by atoms with Gasteiger partial charge in [-0.2, -0.15) is 0 Å². The van der Waals surface area contributed by atoms with Crippen molar-refractivity contribution >= 4 is 27.7 Å². The number of carbonyl (C=O) groups excluding carboxylic acids is 1. The molecule has 0 radical (unpaired) electrons. The molecule has 1 N–H and O–H groups in total. The van der Waals surface area contributed by atoms with Gasteiger partial charge in [0.05, 0.1) is 0 Å². The molecule has 4 nitrogen and oxygen atoms in total. The fourth-order valence-corrected chi connectivity index (χ4v) is 2.90. The van der Waals surface area contributed by atoms with Crippen LogP contribution in [0.4, 0.5) is 10.2 Å². The molecule has 1 aromatic rings. The molecule has 3 rings (SSSR count). The van der Waals surface area contributed by atoms with Crippen molar-refractivity contribution < 1.29 is 9.18 Å². The van der Waals surface area contributed by atoms with Gasteiger partial charge in [0.1, 0.15) is 0 Å². The average molecular weight is 342 g/mol. The van der Waals surface area contributed by atoms with Gasteiger partial charge >= 0.3 is 0 Å². The zero-order chi connectivity index (χ0) is 14.1. The average Bonchev–Trinajstić information content (AvgIpc) is 3.23. The smallest absolute Gasteiger partial charge is 0.223 e. The number of piperidine rings is 1. The van der Waals surface area contributed by atoms with Crippen molar-refractivity contribution in [2.45, 2.75) is 31.7 Å². The highest BCUT2D eigenvalue weighted by Crippen LogP contribution is 2.29. The Bertz CT molecular complexity index is 521. The van der Waals surface area contributed by atoms with Crippen LogP contribution in [0.2, 0.25) is 0 Å². The Labute approximate surface area is 125 Å². The van der Waals surface area contributed by atoms with E-state index in [0.29, 0.717) is 16.8 Å². The highest BCUT2D eigenvalue weighted by atomic mass is 79.9. The number of nitrogens with zero attached hydrogens (tertiary/aromatic N) is 2. The molecule has 1 aromatic heterocycles. The lowest BCUT2D eigenvalue weighted by Gasteiger charge is -2.34. The molecule has 0 bridgehead atoms. The first-order chi connectivity index (χ1) is 9.63. The second-order valence-electron chi connectivity index (χ2n) is 5.53. The van der Waals surface area contributed by atoms with Crippen molar-refractivity contribution in [3.05, 3.63) is 22.6 Å². The third-order valence-electron chi connectivity index (χ3n) is 3.80. The topological polar surface area (TPSA) is 45.2 Å². The summed E-state index contributed by atoms with van der Waals surface area (Å²) < 4.78 is 14.6. The summed E-state index contributed by atoms with van der Waals surface area (Å²) in [6.45, 7) is 1.41. The third-order valence-corrected chi connectivity index (χ3v) is 4.24. The zero-order valence-corrected chi connectivity index (χ0v) is 12.7. The van der Waals surface area contributed by atoms with E-state index in [-0.39, 0.29) is 23.7 Å². The minimum atomic E-state index is -0.325. The van der Waals surface area contributed by atoms with E-state index in [0.717, 1.165) is 32.2 Å². The molecule has 1 amide bonds. The predicted molar refractivity (Wildman–Crippen MR) is 78.0 cm³/mol.